The molecule has 1 aromatic heterocycles. The summed E-state index contributed by atoms with van der Waals surface area (Å²) in [7, 11) is 0. The lowest BCUT2D eigenvalue weighted by atomic mass is 9.93. The topological polar surface area (TPSA) is 105 Å². The maximum Gasteiger partial charge on any atom is 0.343 e. The summed E-state index contributed by atoms with van der Waals surface area (Å²) in [5.74, 6) is -1.92. The summed E-state index contributed by atoms with van der Waals surface area (Å²) < 4.78 is 20.2. The van der Waals surface area contributed by atoms with Gasteiger partial charge in [0.15, 0.2) is 11.7 Å². The van der Waals surface area contributed by atoms with Crippen LogP contribution in [0.5, 0.6) is 0 Å². The molecule has 0 saturated carbocycles. The molecule has 0 radical (unpaired) electrons. The van der Waals surface area contributed by atoms with Gasteiger partial charge in [0.1, 0.15) is 11.4 Å². The van der Waals surface area contributed by atoms with Gasteiger partial charge in [0.2, 0.25) is 5.82 Å². The number of aliphatic imine (C=N–C) groups is 1. The molecule has 0 aliphatic carbocycles. The van der Waals surface area contributed by atoms with E-state index in [1.165, 1.54) is 6.07 Å². The highest BCUT2D eigenvalue weighted by molar-refractivity contribution is 5.95. The number of aromatic carboxylic acids is 1. The van der Waals surface area contributed by atoms with Gasteiger partial charge < -0.3 is 20.3 Å². The normalized spacial score (nSPS) is 15.6. The molecule has 4 rings (SSSR count). The molecule has 1 fully saturated rings. The molecule has 0 amide bonds. The second-order valence-corrected chi connectivity index (χ2v) is 7.90. The molecule has 1 aliphatic rings. The summed E-state index contributed by atoms with van der Waals surface area (Å²) in [6, 6.07) is 14.1. The Morgan fingerprint density at radius 2 is 1.91 bits per heavy atom. The number of piperidine rings is 1. The third-order valence-corrected chi connectivity index (χ3v) is 5.79. The highest BCUT2D eigenvalue weighted by atomic mass is 19.1. The van der Waals surface area contributed by atoms with Crippen LogP contribution in [0.3, 0.4) is 0 Å². The van der Waals surface area contributed by atoms with Gasteiger partial charge in [0, 0.05) is 24.6 Å². The van der Waals surface area contributed by atoms with Crippen LogP contribution in [0.1, 0.15) is 53.8 Å². The Morgan fingerprint density at radius 1 is 1.19 bits per heavy atom. The van der Waals surface area contributed by atoms with E-state index in [4.69, 9.17) is 10.3 Å². The molecule has 1 aliphatic heterocycles. The Morgan fingerprint density at radius 3 is 2.56 bits per heavy atom. The van der Waals surface area contributed by atoms with Crippen molar-refractivity contribution < 1.29 is 18.8 Å². The minimum atomic E-state index is -1.22. The maximum atomic E-state index is 14.8. The average molecular weight is 436 g/mol. The lowest BCUT2D eigenvalue weighted by molar-refractivity contribution is 0.0695. The van der Waals surface area contributed by atoms with Crippen molar-refractivity contribution in [2.75, 3.05) is 13.1 Å². The van der Waals surface area contributed by atoms with Crippen molar-refractivity contribution in [1.29, 1.82) is 0 Å². The molecule has 1 saturated heterocycles. The third-order valence-electron chi connectivity index (χ3n) is 5.79. The molecule has 7 nitrogen and oxygen atoms in total. The quantitative estimate of drug-likeness (QED) is 0.441. The first-order chi connectivity index (χ1) is 15.5. The van der Waals surface area contributed by atoms with Crippen molar-refractivity contribution in [2.24, 2.45) is 10.7 Å². The minimum Gasteiger partial charge on any atom is -0.477 e. The van der Waals surface area contributed by atoms with E-state index in [0.29, 0.717) is 11.1 Å². The highest BCUT2D eigenvalue weighted by Gasteiger charge is 2.28. The minimum absolute atomic E-state index is 0.0798. The summed E-state index contributed by atoms with van der Waals surface area (Å²) >= 11 is 0. The first-order valence-corrected chi connectivity index (χ1v) is 10.6. The van der Waals surface area contributed by atoms with E-state index in [9.17, 15) is 14.3 Å². The number of carboxylic acid groups (broad SMARTS) is 1. The molecule has 0 bridgehead atoms. The number of carbonyl (C=O) groups is 1. The van der Waals surface area contributed by atoms with Crippen molar-refractivity contribution in [3.8, 4) is 11.1 Å². The van der Waals surface area contributed by atoms with Crippen LogP contribution in [0.4, 0.5) is 10.2 Å². The van der Waals surface area contributed by atoms with Crippen LogP contribution in [0.15, 0.2) is 58.0 Å². The number of hydrogen-bond acceptors (Lipinski definition) is 4. The first-order valence-electron chi connectivity index (χ1n) is 10.6. The average Bonchev–Trinajstić information content (AvgIpc) is 3.23. The van der Waals surface area contributed by atoms with Crippen LogP contribution < -0.4 is 5.73 Å². The van der Waals surface area contributed by atoms with Gasteiger partial charge >= 0.3 is 5.97 Å². The fourth-order valence-electron chi connectivity index (χ4n) is 3.97. The number of aromatic nitrogens is 1. The van der Waals surface area contributed by atoms with E-state index in [-0.39, 0.29) is 23.1 Å². The second kappa shape index (κ2) is 9.21. The van der Waals surface area contributed by atoms with Crippen LogP contribution in [-0.2, 0) is 0 Å². The summed E-state index contributed by atoms with van der Waals surface area (Å²) in [4.78, 5) is 18.1. The van der Waals surface area contributed by atoms with Gasteiger partial charge in [0.25, 0.3) is 0 Å². The Kier molecular flexibility index (Phi) is 6.20. The number of carboxylic acids is 1. The molecule has 2 aromatic carbocycles. The molecule has 166 valence electrons. The zero-order valence-corrected chi connectivity index (χ0v) is 17.8. The Bertz CT molecular complexity index is 1140. The Hall–Kier alpha value is -3.68. The molecular formula is C24H25FN4O3. The zero-order valence-electron chi connectivity index (χ0n) is 17.8. The second-order valence-electron chi connectivity index (χ2n) is 7.90. The summed E-state index contributed by atoms with van der Waals surface area (Å²) in [5.41, 5.74) is 7.73. The van der Waals surface area contributed by atoms with E-state index in [1.807, 2.05) is 35.2 Å². The van der Waals surface area contributed by atoms with Crippen LogP contribution in [0.25, 0.3) is 11.1 Å². The summed E-state index contributed by atoms with van der Waals surface area (Å²) in [6.07, 6.45) is 3.15. The van der Waals surface area contributed by atoms with Gasteiger partial charge in [-0.2, -0.15) is 4.99 Å². The number of halogens is 1. The van der Waals surface area contributed by atoms with Gasteiger partial charge in [0.05, 0.1) is 0 Å². The zero-order chi connectivity index (χ0) is 22.7. The van der Waals surface area contributed by atoms with Crippen LogP contribution in [-0.4, -0.2) is 40.2 Å². The van der Waals surface area contributed by atoms with Crippen molar-refractivity contribution >= 4 is 17.7 Å². The van der Waals surface area contributed by atoms with Gasteiger partial charge in [-0.1, -0.05) is 54.5 Å². The predicted octanol–water partition coefficient (Wildman–Crippen LogP) is 4.76. The SMILES string of the molecule is CC(c1ccc(-c2ccccc2)c(F)c1)c1onc(N=C(N)N2CCCCC2)c1C(=O)O. The summed E-state index contributed by atoms with van der Waals surface area (Å²) in [5, 5.41) is 13.7. The van der Waals surface area contributed by atoms with E-state index in [2.05, 4.69) is 10.1 Å². The van der Waals surface area contributed by atoms with E-state index < -0.39 is 17.7 Å². The van der Waals surface area contributed by atoms with E-state index in [0.717, 1.165) is 37.9 Å². The smallest absolute Gasteiger partial charge is 0.343 e. The van der Waals surface area contributed by atoms with Crippen LogP contribution in [0, 0.1) is 5.82 Å². The lowest BCUT2D eigenvalue weighted by Crippen LogP contribution is -2.40. The van der Waals surface area contributed by atoms with Gasteiger partial charge in [-0.05, 0) is 36.5 Å². The van der Waals surface area contributed by atoms with Crippen LogP contribution in [0.2, 0.25) is 0 Å². The largest absolute Gasteiger partial charge is 0.477 e. The maximum absolute atomic E-state index is 14.8. The standard InChI is InChI=1S/C24H25FN4O3/c1-15(17-10-11-18(19(25)14-17)16-8-4-2-5-9-16)21-20(23(30)31)22(28-32-21)27-24(26)29-12-6-3-7-13-29/h2,4-5,8-11,14-15H,3,6-7,12-13H2,1H3,(H,30,31)(H2,26,27,28). The first kappa shape index (κ1) is 21.5. The van der Waals surface area contributed by atoms with Crippen LogP contribution >= 0.6 is 0 Å². The summed E-state index contributed by atoms with van der Waals surface area (Å²) in [6.45, 7) is 3.28. The monoisotopic (exact) mass is 436 g/mol. The van der Waals surface area contributed by atoms with Crippen molar-refractivity contribution in [3.63, 3.8) is 0 Å². The Balaban J connectivity index is 1.65. The highest BCUT2D eigenvalue weighted by Crippen LogP contribution is 2.34. The number of nitrogens with two attached hydrogens (primary N) is 1. The predicted molar refractivity (Wildman–Crippen MR) is 120 cm³/mol. The number of guanidine groups is 1. The molecule has 3 N–H and O–H groups in total. The number of rotatable bonds is 5. The molecule has 32 heavy (non-hydrogen) atoms. The van der Waals surface area contributed by atoms with Crippen molar-refractivity contribution in [1.82, 2.24) is 10.1 Å². The fourth-order valence-corrected chi connectivity index (χ4v) is 3.97. The number of benzene rings is 2. The Labute approximate surface area is 185 Å². The van der Waals surface area contributed by atoms with Gasteiger partial charge in [-0.25, -0.2) is 9.18 Å². The third kappa shape index (κ3) is 4.34. The van der Waals surface area contributed by atoms with E-state index in [1.54, 1.807) is 19.1 Å². The molecule has 1 unspecified atom stereocenters. The van der Waals surface area contributed by atoms with Crippen molar-refractivity contribution in [2.45, 2.75) is 32.1 Å². The number of hydrogen-bond donors (Lipinski definition) is 2. The lowest BCUT2D eigenvalue weighted by Gasteiger charge is -2.27. The molecule has 2 heterocycles. The molecule has 1 atom stereocenters. The molecule has 3 aromatic rings. The molecule has 0 spiro atoms. The van der Waals surface area contributed by atoms with Crippen molar-refractivity contribution in [3.05, 3.63) is 71.2 Å². The number of likely N-dealkylation sites (tertiary alicyclic amines) is 1. The van der Waals surface area contributed by atoms with Gasteiger partial charge in [-0.3, -0.25) is 0 Å². The van der Waals surface area contributed by atoms with Gasteiger partial charge in [-0.15, -0.1) is 0 Å². The molecular weight excluding hydrogens is 411 g/mol. The molecule has 8 heteroatoms. The number of nitrogens with zero attached hydrogens (tertiary/aromatic N) is 3. The fraction of sp³-hybridized carbons (Fsp3) is 0.292. The van der Waals surface area contributed by atoms with E-state index >= 15 is 0 Å².